The van der Waals surface area contributed by atoms with Crippen molar-refractivity contribution in [3.63, 3.8) is 0 Å². The molecule has 0 spiro atoms. The quantitative estimate of drug-likeness (QED) is 0.687. The molecule has 0 unspecified atom stereocenters. The third-order valence-corrected chi connectivity index (χ3v) is 4.03. The number of nitrogens with zero attached hydrogens (tertiary/aromatic N) is 1. The maximum atomic E-state index is 13.1. The second kappa shape index (κ2) is 6.11. The number of esters is 1. The lowest BCUT2D eigenvalue weighted by molar-refractivity contribution is 0.0472. The first-order chi connectivity index (χ1) is 10.7. The molecule has 0 amide bonds. The van der Waals surface area contributed by atoms with Crippen molar-refractivity contribution in [3.05, 3.63) is 58.9 Å². The molecule has 3 rings (SSSR count). The number of fused-ring (bicyclic) bond motifs is 1. The number of halogens is 1. The lowest BCUT2D eigenvalue weighted by Crippen LogP contribution is -2.04. The van der Waals surface area contributed by atoms with Crippen LogP contribution in [0.1, 0.15) is 15.4 Å². The Morgan fingerprint density at radius 1 is 1.27 bits per heavy atom. The molecular weight excluding hydrogens is 305 g/mol. The molecule has 0 atom stereocenters. The second-order valence-corrected chi connectivity index (χ2v) is 5.59. The Kier molecular flexibility index (Phi) is 4.02. The molecule has 0 bridgehead atoms. The maximum absolute atomic E-state index is 13.1. The molecule has 0 aliphatic heterocycles. The zero-order valence-electron chi connectivity index (χ0n) is 11.7. The van der Waals surface area contributed by atoms with Crippen LogP contribution in [-0.2, 0) is 11.3 Å². The lowest BCUT2D eigenvalue weighted by Gasteiger charge is -2.02. The zero-order chi connectivity index (χ0) is 15.5. The fraction of sp³-hybridized carbons (Fsp3) is 0.125. The van der Waals surface area contributed by atoms with Crippen molar-refractivity contribution in [2.45, 2.75) is 6.61 Å². The van der Waals surface area contributed by atoms with Gasteiger partial charge in [0.2, 0.25) is 5.01 Å². The van der Waals surface area contributed by atoms with E-state index in [1.54, 1.807) is 31.4 Å². The van der Waals surface area contributed by atoms with Gasteiger partial charge in [-0.05, 0) is 35.9 Å². The van der Waals surface area contributed by atoms with E-state index in [1.165, 1.54) is 23.5 Å². The average molecular weight is 317 g/mol. The van der Waals surface area contributed by atoms with Gasteiger partial charge in [-0.15, -0.1) is 11.3 Å². The number of ether oxygens (including phenoxy) is 2. The number of methoxy groups -OCH3 is 1. The zero-order valence-corrected chi connectivity index (χ0v) is 12.5. The summed E-state index contributed by atoms with van der Waals surface area (Å²) in [4.78, 5) is 16.3. The summed E-state index contributed by atoms with van der Waals surface area (Å²) in [6.07, 6.45) is 0. The van der Waals surface area contributed by atoms with Gasteiger partial charge in [0.05, 0.1) is 17.3 Å². The molecule has 6 heteroatoms. The number of aromatic nitrogens is 1. The van der Waals surface area contributed by atoms with Crippen molar-refractivity contribution in [3.8, 4) is 5.75 Å². The van der Waals surface area contributed by atoms with E-state index in [1.807, 2.05) is 6.07 Å². The number of hydrogen-bond donors (Lipinski definition) is 0. The molecule has 0 radical (unpaired) electrons. The molecule has 0 aliphatic carbocycles. The second-order valence-electron chi connectivity index (χ2n) is 4.56. The van der Waals surface area contributed by atoms with Crippen LogP contribution in [-0.4, -0.2) is 18.1 Å². The van der Waals surface area contributed by atoms with E-state index < -0.39 is 5.97 Å². The van der Waals surface area contributed by atoms with E-state index in [0.29, 0.717) is 16.8 Å². The summed E-state index contributed by atoms with van der Waals surface area (Å²) in [7, 11) is 1.58. The Morgan fingerprint density at radius 3 is 2.91 bits per heavy atom. The summed E-state index contributed by atoms with van der Waals surface area (Å²) in [5.41, 5.74) is 1.31. The molecule has 3 aromatic rings. The smallest absolute Gasteiger partial charge is 0.367 e. The highest BCUT2D eigenvalue weighted by Gasteiger charge is 2.14. The SMILES string of the molecule is COc1ccc2nc(C(=O)OCc3cccc(F)c3)sc2c1. The number of carbonyl (C=O) groups excluding carboxylic acids is 1. The molecule has 4 nitrogen and oxygen atoms in total. The topological polar surface area (TPSA) is 48.4 Å². The van der Waals surface area contributed by atoms with E-state index >= 15 is 0 Å². The largest absolute Gasteiger partial charge is 0.497 e. The summed E-state index contributed by atoms with van der Waals surface area (Å²) in [5.74, 6) is -0.180. The third-order valence-electron chi connectivity index (χ3n) is 3.03. The van der Waals surface area contributed by atoms with Crippen molar-refractivity contribution in [1.29, 1.82) is 0 Å². The maximum Gasteiger partial charge on any atom is 0.367 e. The summed E-state index contributed by atoms with van der Waals surface area (Å²) >= 11 is 1.23. The van der Waals surface area contributed by atoms with E-state index in [9.17, 15) is 9.18 Å². The highest BCUT2D eigenvalue weighted by molar-refractivity contribution is 7.20. The Labute approximate surface area is 130 Å². The van der Waals surface area contributed by atoms with Crippen LogP contribution >= 0.6 is 11.3 Å². The fourth-order valence-corrected chi connectivity index (χ4v) is 2.84. The fourth-order valence-electron chi connectivity index (χ4n) is 1.96. The molecule has 2 aromatic carbocycles. The van der Waals surface area contributed by atoms with Crippen molar-refractivity contribution in [2.75, 3.05) is 7.11 Å². The number of hydrogen-bond acceptors (Lipinski definition) is 5. The Bertz CT molecular complexity index is 831. The van der Waals surface area contributed by atoms with Gasteiger partial charge in [0.1, 0.15) is 18.2 Å². The van der Waals surface area contributed by atoms with Crippen LogP contribution in [0.5, 0.6) is 5.75 Å². The molecule has 0 N–H and O–H groups in total. The van der Waals surface area contributed by atoms with Crippen molar-refractivity contribution < 1.29 is 18.7 Å². The molecule has 22 heavy (non-hydrogen) atoms. The van der Waals surface area contributed by atoms with Gasteiger partial charge in [0.15, 0.2) is 0 Å². The van der Waals surface area contributed by atoms with Crippen LogP contribution in [0.25, 0.3) is 10.2 Å². The van der Waals surface area contributed by atoms with Crippen molar-refractivity contribution >= 4 is 27.5 Å². The van der Waals surface area contributed by atoms with E-state index in [0.717, 1.165) is 4.70 Å². The molecule has 0 fully saturated rings. The van der Waals surface area contributed by atoms with Crippen LogP contribution in [0.15, 0.2) is 42.5 Å². The molecule has 1 aromatic heterocycles. The number of carbonyl (C=O) groups is 1. The van der Waals surface area contributed by atoms with Gasteiger partial charge in [-0.3, -0.25) is 0 Å². The standard InChI is InChI=1S/C16H12FNO3S/c1-20-12-5-6-13-14(8-12)22-15(18-13)16(19)21-9-10-3-2-4-11(17)7-10/h2-8H,9H2,1H3. The van der Waals surface area contributed by atoms with Crippen LogP contribution < -0.4 is 4.74 Å². The van der Waals surface area contributed by atoms with Crippen LogP contribution in [0.4, 0.5) is 4.39 Å². The number of rotatable bonds is 4. The van der Waals surface area contributed by atoms with E-state index in [-0.39, 0.29) is 17.4 Å². The summed E-state index contributed by atoms with van der Waals surface area (Å²) in [5, 5.41) is 0.264. The molecule has 0 saturated heterocycles. The van der Waals surface area contributed by atoms with Crippen molar-refractivity contribution in [2.24, 2.45) is 0 Å². The predicted octanol–water partition coefficient (Wildman–Crippen LogP) is 3.80. The van der Waals surface area contributed by atoms with E-state index in [4.69, 9.17) is 9.47 Å². The molecule has 0 saturated carbocycles. The van der Waals surface area contributed by atoms with Crippen molar-refractivity contribution in [1.82, 2.24) is 4.98 Å². The van der Waals surface area contributed by atoms with Crippen LogP contribution in [0.2, 0.25) is 0 Å². The Morgan fingerprint density at radius 2 is 2.14 bits per heavy atom. The molecule has 1 heterocycles. The lowest BCUT2D eigenvalue weighted by atomic mass is 10.2. The predicted molar refractivity (Wildman–Crippen MR) is 81.7 cm³/mol. The highest BCUT2D eigenvalue weighted by atomic mass is 32.1. The highest BCUT2D eigenvalue weighted by Crippen LogP contribution is 2.26. The summed E-state index contributed by atoms with van der Waals surface area (Å²) < 4.78 is 24.2. The van der Waals surface area contributed by atoms with E-state index in [2.05, 4.69) is 4.98 Å². The summed E-state index contributed by atoms with van der Waals surface area (Å²) in [6.45, 7) is 0.00976. The van der Waals surface area contributed by atoms with Gasteiger partial charge >= 0.3 is 5.97 Å². The van der Waals surface area contributed by atoms with Crippen LogP contribution in [0, 0.1) is 5.82 Å². The minimum Gasteiger partial charge on any atom is -0.497 e. The molecular formula is C16H12FNO3S. The number of thiazole rings is 1. The van der Waals surface area contributed by atoms with Gasteiger partial charge < -0.3 is 9.47 Å². The van der Waals surface area contributed by atoms with Gasteiger partial charge in [-0.2, -0.15) is 0 Å². The first-order valence-corrected chi connectivity index (χ1v) is 7.33. The third kappa shape index (κ3) is 3.07. The van der Waals surface area contributed by atoms with Gasteiger partial charge in [0, 0.05) is 0 Å². The minimum atomic E-state index is -0.524. The normalized spacial score (nSPS) is 10.6. The Hall–Kier alpha value is -2.47. The number of benzene rings is 2. The summed E-state index contributed by atoms with van der Waals surface area (Å²) in [6, 6.07) is 11.3. The molecule has 112 valence electrons. The van der Waals surface area contributed by atoms with Gasteiger partial charge in [-0.1, -0.05) is 12.1 Å². The molecule has 0 aliphatic rings. The first kappa shape index (κ1) is 14.5. The van der Waals surface area contributed by atoms with Crippen LogP contribution in [0.3, 0.4) is 0 Å². The average Bonchev–Trinajstić information content (AvgIpc) is 2.95. The van der Waals surface area contributed by atoms with Gasteiger partial charge in [0.25, 0.3) is 0 Å². The Balaban J connectivity index is 1.74. The first-order valence-electron chi connectivity index (χ1n) is 6.52. The van der Waals surface area contributed by atoms with Gasteiger partial charge in [-0.25, -0.2) is 14.2 Å². The minimum absolute atomic E-state index is 0.00976. The monoisotopic (exact) mass is 317 g/mol.